The smallest absolute Gasteiger partial charge is 0.251 e. The largest absolute Gasteiger partial charge is 0.397 e. The van der Waals surface area contributed by atoms with Gasteiger partial charge in [-0.25, -0.2) is 0 Å². The Bertz CT molecular complexity index is 433. The molecule has 0 aliphatic rings. The number of nitrogen functional groups attached to an aromatic ring is 1. The minimum absolute atomic E-state index is 0.0446. The van der Waals surface area contributed by atoms with Crippen molar-refractivity contribution in [1.29, 1.82) is 0 Å². The van der Waals surface area contributed by atoms with Crippen LogP contribution in [0.4, 0.5) is 11.4 Å². The second-order valence-corrected chi connectivity index (χ2v) is 4.64. The molecule has 0 bridgehead atoms. The first-order valence-corrected chi connectivity index (χ1v) is 6.56. The zero-order valence-electron chi connectivity index (χ0n) is 11.8. The lowest BCUT2D eigenvalue weighted by atomic mass is 10.1. The van der Waals surface area contributed by atoms with Gasteiger partial charge in [-0.1, -0.05) is 0 Å². The van der Waals surface area contributed by atoms with Crippen LogP contribution in [0.15, 0.2) is 18.2 Å². The van der Waals surface area contributed by atoms with Crippen molar-refractivity contribution in [1.82, 2.24) is 5.32 Å². The summed E-state index contributed by atoms with van der Waals surface area (Å²) in [5.41, 5.74) is 7.95. The molecule has 0 atom stereocenters. The molecule has 0 radical (unpaired) electrons. The van der Waals surface area contributed by atoms with Gasteiger partial charge in [-0.15, -0.1) is 0 Å². The Morgan fingerprint density at radius 1 is 1.47 bits per heavy atom. The highest BCUT2D eigenvalue weighted by Gasteiger charge is 2.15. The summed E-state index contributed by atoms with van der Waals surface area (Å²) in [5.74, 6) is -0.114. The second kappa shape index (κ2) is 6.99. The Hall–Kier alpha value is -1.75. The summed E-state index contributed by atoms with van der Waals surface area (Å²) in [5, 5.41) is 11.9. The van der Waals surface area contributed by atoms with Crippen molar-refractivity contribution in [2.45, 2.75) is 26.8 Å². The number of carbonyl (C=O) groups excluding carboxylic acids is 1. The first-order chi connectivity index (χ1) is 9.01. The molecule has 1 aromatic carbocycles. The van der Waals surface area contributed by atoms with Crippen LogP contribution in [0, 0.1) is 0 Å². The van der Waals surface area contributed by atoms with E-state index in [1.807, 2.05) is 25.7 Å². The minimum atomic E-state index is -0.114. The maximum Gasteiger partial charge on any atom is 0.251 e. The van der Waals surface area contributed by atoms with Gasteiger partial charge in [0.2, 0.25) is 0 Å². The van der Waals surface area contributed by atoms with Crippen LogP contribution in [0.25, 0.3) is 0 Å². The molecule has 1 rings (SSSR count). The van der Waals surface area contributed by atoms with Crippen LogP contribution in [-0.2, 0) is 0 Å². The summed E-state index contributed by atoms with van der Waals surface area (Å²) >= 11 is 0. The van der Waals surface area contributed by atoms with E-state index >= 15 is 0 Å². The highest BCUT2D eigenvalue weighted by molar-refractivity contribution is 5.96. The Morgan fingerprint density at radius 2 is 2.16 bits per heavy atom. The van der Waals surface area contributed by atoms with Crippen molar-refractivity contribution in [3.63, 3.8) is 0 Å². The molecule has 1 amide bonds. The van der Waals surface area contributed by atoms with E-state index in [2.05, 4.69) is 5.32 Å². The first-order valence-electron chi connectivity index (χ1n) is 6.56. The Balaban J connectivity index is 3.11. The van der Waals surface area contributed by atoms with Crippen molar-refractivity contribution >= 4 is 17.3 Å². The predicted molar refractivity (Wildman–Crippen MR) is 78.4 cm³/mol. The number of anilines is 2. The Labute approximate surface area is 114 Å². The summed E-state index contributed by atoms with van der Waals surface area (Å²) in [6.07, 6.45) is 0. The molecule has 19 heavy (non-hydrogen) atoms. The lowest BCUT2D eigenvalue weighted by molar-refractivity contribution is 0.0956. The zero-order chi connectivity index (χ0) is 14.4. The van der Waals surface area contributed by atoms with Crippen molar-refractivity contribution in [2.24, 2.45) is 0 Å². The fourth-order valence-electron chi connectivity index (χ4n) is 1.96. The molecule has 1 aromatic rings. The third kappa shape index (κ3) is 3.86. The Kier molecular flexibility index (Phi) is 5.63. The maximum atomic E-state index is 11.8. The van der Waals surface area contributed by atoms with Gasteiger partial charge in [0.15, 0.2) is 0 Å². The van der Waals surface area contributed by atoms with Gasteiger partial charge in [-0.2, -0.15) is 0 Å². The minimum Gasteiger partial charge on any atom is -0.397 e. The van der Waals surface area contributed by atoms with E-state index in [-0.39, 0.29) is 18.6 Å². The monoisotopic (exact) mass is 265 g/mol. The number of hydrogen-bond acceptors (Lipinski definition) is 4. The molecule has 5 heteroatoms. The summed E-state index contributed by atoms with van der Waals surface area (Å²) in [6, 6.07) is 5.41. The van der Waals surface area contributed by atoms with E-state index in [1.54, 1.807) is 18.2 Å². The molecule has 0 spiro atoms. The SMILES string of the molecule is CCNC(=O)c1ccc(N)c(N(CCO)C(C)C)c1. The number of hydrogen-bond donors (Lipinski definition) is 3. The van der Waals surface area contributed by atoms with Crippen LogP contribution < -0.4 is 16.0 Å². The molecule has 0 aromatic heterocycles. The number of nitrogens with two attached hydrogens (primary N) is 1. The summed E-state index contributed by atoms with van der Waals surface area (Å²) in [7, 11) is 0. The zero-order valence-corrected chi connectivity index (χ0v) is 11.8. The van der Waals surface area contributed by atoms with Gasteiger partial charge in [0, 0.05) is 24.7 Å². The van der Waals surface area contributed by atoms with Crippen molar-refractivity contribution in [2.75, 3.05) is 30.3 Å². The third-order valence-electron chi connectivity index (χ3n) is 2.90. The molecule has 0 saturated heterocycles. The summed E-state index contributed by atoms with van der Waals surface area (Å²) in [4.78, 5) is 13.8. The van der Waals surface area contributed by atoms with Gasteiger partial charge in [-0.3, -0.25) is 4.79 Å². The standard InChI is InChI=1S/C14H23N3O2/c1-4-16-14(19)11-5-6-12(15)13(9-11)17(7-8-18)10(2)3/h5-6,9-10,18H,4,7-8,15H2,1-3H3,(H,16,19). The van der Waals surface area contributed by atoms with Gasteiger partial charge in [0.1, 0.15) is 0 Å². The number of amides is 1. The van der Waals surface area contributed by atoms with Gasteiger partial charge < -0.3 is 21.1 Å². The van der Waals surface area contributed by atoms with Crippen molar-refractivity contribution in [3.05, 3.63) is 23.8 Å². The lowest BCUT2D eigenvalue weighted by Crippen LogP contribution is -2.34. The average Bonchev–Trinajstić information content (AvgIpc) is 2.37. The molecule has 0 aliphatic carbocycles. The normalized spacial score (nSPS) is 10.6. The van der Waals surface area contributed by atoms with E-state index in [9.17, 15) is 4.79 Å². The molecule has 0 aliphatic heterocycles. The third-order valence-corrected chi connectivity index (χ3v) is 2.90. The molecule has 0 fully saturated rings. The van der Waals surface area contributed by atoms with E-state index in [0.29, 0.717) is 24.3 Å². The second-order valence-electron chi connectivity index (χ2n) is 4.64. The van der Waals surface area contributed by atoms with Crippen LogP contribution in [0.5, 0.6) is 0 Å². The van der Waals surface area contributed by atoms with E-state index in [1.165, 1.54) is 0 Å². The number of carbonyl (C=O) groups is 1. The highest BCUT2D eigenvalue weighted by atomic mass is 16.3. The quantitative estimate of drug-likeness (QED) is 0.676. The van der Waals surface area contributed by atoms with Crippen LogP contribution in [0.3, 0.4) is 0 Å². The molecular weight excluding hydrogens is 242 g/mol. The van der Waals surface area contributed by atoms with Gasteiger partial charge in [-0.05, 0) is 39.0 Å². The molecule has 5 nitrogen and oxygen atoms in total. The van der Waals surface area contributed by atoms with Gasteiger partial charge in [0.05, 0.1) is 18.0 Å². The van der Waals surface area contributed by atoms with Crippen molar-refractivity contribution < 1.29 is 9.90 Å². The lowest BCUT2D eigenvalue weighted by Gasteiger charge is -2.29. The van der Waals surface area contributed by atoms with E-state index in [0.717, 1.165) is 5.69 Å². The fourth-order valence-corrected chi connectivity index (χ4v) is 1.96. The summed E-state index contributed by atoms with van der Waals surface area (Å²) < 4.78 is 0. The predicted octanol–water partition coefficient (Wildman–Crippen LogP) is 1.23. The van der Waals surface area contributed by atoms with E-state index < -0.39 is 0 Å². The van der Waals surface area contributed by atoms with Crippen molar-refractivity contribution in [3.8, 4) is 0 Å². The number of rotatable bonds is 6. The fraction of sp³-hybridized carbons (Fsp3) is 0.500. The highest BCUT2D eigenvalue weighted by Crippen LogP contribution is 2.26. The Morgan fingerprint density at radius 3 is 2.68 bits per heavy atom. The maximum absolute atomic E-state index is 11.8. The number of nitrogens with one attached hydrogen (secondary N) is 1. The molecular formula is C14H23N3O2. The summed E-state index contributed by atoms with van der Waals surface area (Å²) in [6.45, 7) is 7.04. The van der Waals surface area contributed by atoms with Crippen LogP contribution >= 0.6 is 0 Å². The number of nitrogens with zero attached hydrogens (tertiary/aromatic N) is 1. The molecule has 4 N–H and O–H groups in total. The number of aliphatic hydroxyl groups excluding tert-OH is 1. The molecule has 0 heterocycles. The average molecular weight is 265 g/mol. The van der Waals surface area contributed by atoms with Crippen LogP contribution in [0.1, 0.15) is 31.1 Å². The van der Waals surface area contributed by atoms with Crippen LogP contribution in [-0.4, -0.2) is 36.8 Å². The number of benzene rings is 1. The first kappa shape index (κ1) is 15.3. The molecule has 0 unspecified atom stereocenters. The topological polar surface area (TPSA) is 78.6 Å². The molecule has 0 saturated carbocycles. The van der Waals surface area contributed by atoms with Crippen LogP contribution in [0.2, 0.25) is 0 Å². The van der Waals surface area contributed by atoms with Gasteiger partial charge in [0.25, 0.3) is 5.91 Å². The number of aliphatic hydroxyl groups is 1. The van der Waals surface area contributed by atoms with E-state index in [4.69, 9.17) is 10.8 Å². The van der Waals surface area contributed by atoms with Gasteiger partial charge >= 0.3 is 0 Å². The molecule has 106 valence electrons.